The highest BCUT2D eigenvalue weighted by molar-refractivity contribution is 7.80. The molecule has 0 aliphatic rings. The van der Waals surface area contributed by atoms with E-state index >= 15 is 0 Å². The van der Waals surface area contributed by atoms with Crippen LogP contribution in [0, 0.1) is 5.92 Å². The number of phenols is 1. The second-order valence-corrected chi connectivity index (χ2v) is 5.11. The monoisotopic (exact) mass is 306 g/mol. The maximum atomic E-state index is 11.4. The Kier molecular flexibility index (Phi) is 5.19. The van der Waals surface area contributed by atoms with Gasteiger partial charge in [0.2, 0.25) is 5.91 Å². The van der Waals surface area contributed by atoms with Crippen LogP contribution >= 0.6 is 35.4 Å². The fraction of sp³-hybridized carbons (Fsp3) is 0.273. The first kappa shape index (κ1) is 15.0. The van der Waals surface area contributed by atoms with Crippen LogP contribution in [-0.4, -0.2) is 16.1 Å². The molecule has 7 heteroatoms. The van der Waals surface area contributed by atoms with Gasteiger partial charge >= 0.3 is 0 Å². The van der Waals surface area contributed by atoms with Crippen LogP contribution in [0.1, 0.15) is 13.8 Å². The van der Waals surface area contributed by atoms with Gasteiger partial charge in [0.15, 0.2) is 10.9 Å². The summed E-state index contributed by atoms with van der Waals surface area (Å²) in [6, 6.07) is 2.91. The quantitative estimate of drug-likeness (QED) is 0.580. The molecule has 0 aromatic heterocycles. The van der Waals surface area contributed by atoms with Crippen LogP contribution in [0.4, 0.5) is 5.69 Å². The van der Waals surface area contributed by atoms with Crippen molar-refractivity contribution < 1.29 is 9.90 Å². The number of rotatable bonds is 2. The number of carbonyl (C=O) groups excluding carboxylic acids is 1. The number of nitrogens with one attached hydrogen (secondary N) is 2. The Morgan fingerprint density at radius 1 is 1.33 bits per heavy atom. The van der Waals surface area contributed by atoms with E-state index in [-0.39, 0.29) is 32.7 Å². The Balaban J connectivity index is 2.74. The molecule has 1 aromatic carbocycles. The Labute approximate surface area is 120 Å². The van der Waals surface area contributed by atoms with Gasteiger partial charge in [-0.2, -0.15) is 0 Å². The summed E-state index contributed by atoms with van der Waals surface area (Å²) < 4.78 is 0. The molecular weight excluding hydrogens is 295 g/mol. The van der Waals surface area contributed by atoms with Crippen molar-refractivity contribution in [1.82, 2.24) is 5.32 Å². The number of amides is 1. The molecule has 1 rings (SSSR count). The maximum absolute atomic E-state index is 11.4. The molecule has 0 fully saturated rings. The summed E-state index contributed by atoms with van der Waals surface area (Å²) in [6.07, 6.45) is 0. The largest absolute Gasteiger partial charge is 0.505 e. The lowest BCUT2D eigenvalue weighted by Crippen LogP contribution is -2.36. The Bertz CT molecular complexity index is 469. The molecule has 0 unspecified atom stereocenters. The van der Waals surface area contributed by atoms with Crippen LogP contribution in [0.3, 0.4) is 0 Å². The maximum Gasteiger partial charge on any atom is 0.228 e. The number of anilines is 1. The van der Waals surface area contributed by atoms with Crippen LogP contribution in [0.5, 0.6) is 5.75 Å². The van der Waals surface area contributed by atoms with Gasteiger partial charge in [0.25, 0.3) is 0 Å². The number of hydrogen-bond acceptors (Lipinski definition) is 3. The second-order valence-electron chi connectivity index (χ2n) is 3.89. The van der Waals surface area contributed by atoms with Gasteiger partial charge in [-0.3, -0.25) is 4.79 Å². The molecule has 0 radical (unpaired) electrons. The van der Waals surface area contributed by atoms with Gasteiger partial charge in [-0.1, -0.05) is 37.0 Å². The normalized spacial score (nSPS) is 10.3. The number of thiocarbonyl (C=S) groups is 1. The van der Waals surface area contributed by atoms with E-state index in [1.54, 1.807) is 13.8 Å². The average molecular weight is 307 g/mol. The summed E-state index contributed by atoms with van der Waals surface area (Å²) in [5.74, 6) is -0.554. The van der Waals surface area contributed by atoms with Gasteiger partial charge in [-0.15, -0.1) is 0 Å². The van der Waals surface area contributed by atoms with Crippen LogP contribution in [0.2, 0.25) is 10.0 Å². The van der Waals surface area contributed by atoms with Crippen molar-refractivity contribution in [1.29, 1.82) is 0 Å². The molecule has 4 nitrogen and oxygen atoms in total. The predicted molar refractivity (Wildman–Crippen MR) is 77.3 cm³/mol. The van der Waals surface area contributed by atoms with Crippen LogP contribution in [-0.2, 0) is 4.79 Å². The molecule has 0 atom stereocenters. The third-order valence-corrected chi connectivity index (χ3v) is 2.82. The molecule has 0 aliphatic carbocycles. The Hall–Kier alpha value is -1.04. The minimum atomic E-state index is -0.194. The van der Waals surface area contributed by atoms with Gasteiger partial charge in [-0.05, 0) is 24.4 Å². The van der Waals surface area contributed by atoms with E-state index in [1.807, 2.05) is 0 Å². The molecule has 98 valence electrons. The Morgan fingerprint density at radius 2 is 1.83 bits per heavy atom. The van der Waals surface area contributed by atoms with Crippen molar-refractivity contribution in [2.24, 2.45) is 5.92 Å². The van der Waals surface area contributed by atoms with Crippen molar-refractivity contribution in [2.75, 3.05) is 5.32 Å². The lowest BCUT2D eigenvalue weighted by atomic mass is 10.2. The lowest BCUT2D eigenvalue weighted by molar-refractivity contribution is -0.122. The van der Waals surface area contributed by atoms with Crippen molar-refractivity contribution in [3.8, 4) is 5.75 Å². The highest BCUT2D eigenvalue weighted by atomic mass is 35.5. The van der Waals surface area contributed by atoms with Crippen molar-refractivity contribution in [3.05, 3.63) is 22.2 Å². The van der Waals surface area contributed by atoms with Gasteiger partial charge in [-0.25, -0.2) is 0 Å². The van der Waals surface area contributed by atoms with E-state index in [2.05, 4.69) is 10.6 Å². The molecule has 0 saturated carbocycles. The number of phenolic OH excluding ortho intramolecular Hbond substituents is 1. The molecule has 1 aromatic rings. The highest BCUT2D eigenvalue weighted by Gasteiger charge is 2.11. The molecule has 0 spiro atoms. The fourth-order valence-electron chi connectivity index (χ4n) is 1.06. The second kappa shape index (κ2) is 6.22. The SMILES string of the molecule is CC(C)C(=O)NC(=S)Nc1cc(Cl)c(O)c(Cl)c1. The zero-order chi connectivity index (χ0) is 13.9. The van der Waals surface area contributed by atoms with Crippen LogP contribution in [0.25, 0.3) is 0 Å². The van der Waals surface area contributed by atoms with Gasteiger partial charge < -0.3 is 15.7 Å². The average Bonchev–Trinajstić information content (AvgIpc) is 2.25. The van der Waals surface area contributed by atoms with Crippen molar-refractivity contribution in [2.45, 2.75) is 13.8 Å². The zero-order valence-electron chi connectivity index (χ0n) is 9.75. The molecule has 0 aliphatic heterocycles. The van der Waals surface area contributed by atoms with E-state index in [0.29, 0.717) is 5.69 Å². The molecule has 1 amide bonds. The van der Waals surface area contributed by atoms with E-state index in [4.69, 9.17) is 35.4 Å². The van der Waals surface area contributed by atoms with E-state index in [0.717, 1.165) is 0 Å². The number of hydrogen-bond donors (Lipinski definition) is 3. The Morgan fingerprint density at radius 3 is 2.28 bits per heavy atom. The summed E-state index contributed by atoms with van der Waals surface area (Å²) in [7, 11) is 0. The zero-order valence-corrected chi connectivity index (χ0v) is 12.1. The molecule has 0 heterocycles. The number of carbonyl (C=O) groups is 1. The predicted octanol–water partition coefficient (Wildman–Crippen LogP) is 3.17. The first-order chi connectivity index (χ1) is 8.31. The molecule has 18 heavy (non-hydrogen) atoms. The summed E-state index contributed by atoms with van der Waals surface area (Å²) in [6.45, 7) is 3.51. The van der Waals surface area contributed by atoms with E-state index in [9.17, 15) is 9.90 Å². The molecule has 0 saturated heterocycles. The number of benzene rings is 1. The van der Waals surface area contributed by atoms with E-state index in [1.165, 1.54) is 12.1 Å². The van der Waals surface area contributed by atoms with Crippen LogP contribution in [0.15, 0.2) is 12.1 Å². The first-order valence-electron chi connectivity index (χ1n) is 5.11. The third-order valence-electron chi connectivity index (χ3n) is 2.04. The summed E-state index contributed by atoms with van der Waals surface area (Å²) in [5, 5.41) is 15.0. The first-order valence-corrected chi connectivity index (χ1v) is 6.27. The summed E-state index contributed by atoms with van der Waals surface area (Å²) in [4.78, 5) is 11.4. The number of halogens is 2. The summed E-state index contributed by atoms with van der Waals surface area (Å²) >= 11 is 16.5. The smallest absolute Gasteiger partial charge is 0.228 e. The van der Waals surface area contributed by atoms with E-state index < -0.39 is 0 Å². The molecule has 0 bridgehead atoms. The number of aromatic hydroxyl groups is 1. The fourth-order valence-corrected chi connectivity index (χ4v) is 1.76. The van der Waals surface area contributed by atoms with Crippen LogP contribution < -0.4 is 10.6 Å². The van der Waals surface area contributed by atoms with Gasteiger partial charge in [0.05, 0.1) is 10.0 Å². The third kappa shape index (κ3) is 4.01. The minimum Gasteiger partial charge on any atom is -0.505 e. The molecular formula is C11H12Cl2N2O2S. The standard InChI is InChI=1S/C11H12Cl2N2O2S/c1-5(2)10(17)15-11(18)14-6-3-7(12)9(16)8(13)4-6/h3-5,16H,1-2H3,(H2,14,15,17,18). The van der Waals surface area contributed by atoms with Crippen molar-refractivity contribution in [3.63, 3.8) is 0 Å². The van der Waals surface area contributed by atoms with Crippen molar-refractivity contribution >= 4 is 52.1 Å². The molecule has 3 N–H and O–H groups in total. The minimum absolute atomic E-state index is 0.1000. The van der Waals surface area contributed by atoms with Gasteiger partial charge in [0, 0.05) is 11.6 Å². The summed E-state index contributed by atoms with van der Waals surface area (Å²) in [5.41, 5.74) is 0.483. The lowest BCUT2D eigenvalue weighted by Gasteiger charge is -2.12. The topological polar surface area (TPSA) is 61.4 Å². The highest BCUT2D eigenvalue weighted by Crippen LogP contribution is 2.34. The van der Waals surface area contributed by atoms with Gasteiger partial charge in [0.1, 0.15) is 0 Å².